The Labute approximate surface area is 373 Å². The van der Waals surface area contributed by atoms with Crippen LogP contribution in [0.3, 0.4) is 0 Å². The molecule has 0 amide bonds. The SMILES string of the molecule is C[C@@H]1CC[C@@]2(OC1)OC1CC3C4CC[C@@]5(O)C[C@@H](O[C@@H]6O[C@H](CO)[C@@H](O)[C@H](O[C@@H]7O[C@H](CO)[C@H](O)[C@H](O)[C@H]7O)[C@H]6O[C@@H]6O[C@@H](C)[C@H](O)[C@@H](O)[C@H]6O)[C@H](O)C[C@]5(C)[C@H]4CC[C@]3(C)C1[C@@H]2C. The van der Waals surface area contributed by atoms with Gasteiger partial charge in [0.05, 0.1) is 49.8 Å². The summed E-state index contributed by atoms with van der Waals surface area (Å²) in [4.78, 5) is 0. The van der Waals surface area contributed by atoms with Crippen molar-refractivity contribution in [2.75, 3.05) is 19.8 Å². The van der Waals surface area contributed by atoms with E-state index in [9.17, 15) is 56.2 Å². The molecule has 11 N–H and O–H groups in total. The van der Waals surface area contributed by atoms with E-state index in [0.717, 1.165) is 38.5 Å². The molecule has 0 aromatic rings. The number of aliphatic hydroxyl groups is 11. The van der Waals surface area contributed by atoms with E-state index in [4.69, 9.17) is 37.9 Å². The second-order valence-corrected chi connectivity index (χ2v) is 21.8. The van der Waals surface area contributed by atoms with Gasteiger partial charge in [0.25, 0.3) is 0 Å². The third-order valence-corrected chi connectivity index (χ3v) is 18.4. The molecule has 28 atom stereocenters. The minimum absolute atomic E-state index is 0.0127. The van der Waals surface area contributed by atoms with Gasteiger partial charge in [-0.2, -0.15) is 0 Å². The zero-order chi connectivity index (χ0) is 46.0. The summed E-state index contributed by atoms with van der Waals surface area (Å²) < 4.78 is 49.7. The van der Waals surface area contributed by atoms with Crippen molar-refractivity contribution < 1.29 is 94.1 Å². The molecule has 19 nitrogen and oxygen atoms in total. The van der Waals surface area contributed by atoms with Crippen LogP contribution in [0.25, 0.3) is 0 Å². The van der Waals surface area contributed by atoms with E-state index in [-0.39, 0.29) is 36.2 Å². The van der Waals surface area contributed by atoms with Crippen molar-refractivity contribution >= 4 is 0 Å². The molecule has 4 saturated carbocycles. The van der Waals surface area contributed by atoms with Crippen LogP contribution >= 0.6 is 0 Å². The Bertz CT molecular complexity index is 1640. The number of hydrogen-bond donors (Lipinski definition) is 11. The number of hydrogen-bond acceptors (Lipinski definition) is 19. The fraction of sp³-hybridized carbons (Fsp3) is 1.00. The first-order chi connectivity index (χ1) is 30.2. The quantitative estimate of drug-likeness (QED) is 0.122. The first-order valence-corrected chi connectivity index (χ1v) is 23.8. The van der Waals surface area contributed by atoms with Crippen molar-refractivity contribution in [3.8, 4) is 0 Å². The van der Waals surface area contributed by atoms with E-state index in [1.807, 2.05) is 0 Å². The highest BCUT2D eigenvalue weighted by atomic mass is 16.8. The van der Waals surface area contributed by atoms with Crippen LogP contribution in [0.2, 0.25) is 0 Å². The maximum absolute atomic E-state index is 12.9. The summed E-state index contributed by atoms with van der Waals surface area (Å²) in [5, 5.41) is 121. The van der Waals surface area contributed by atoms with Crippen molar-refractivity contribution in [1.29, 1.82) is 0 Å². The van der Waals surface area contributed by atoms with E-state index >= 15 is 0 Å². The Kier molecular flexibility index (Phi) is 13.3. The lowest BCUT2D eigenvalue weighted by molar-refractivity contribution is -0.398. The average molecular weight is 919 g/mol. The third kappa shape index (κ3) is 7.58. The zero-order valence-corrected chi connectivity index (χ0v) is 37.5. The molecular weight excluding hydrogens is 844 g/mol. The molecule has 0 radical (unpaired) electrons. The molecule has 19 heteroatoms. The Hall–Kier alpha value is -0.760. The summed E-state index contributed by atoms with van der Waals surface area (Å²) in [6, 6.07) is 0. The van der Waals surface area contributed by atoms with Crippen LogP contribution in [-0.4, -0.2) is 198 Å². The molecule has 368 valence electrons. The molecule has 4 unspecified atom stereocenters. The minimum atomic E-state index is -1.92. The van der Waals surface area contributed by atoms with Crippen molar-refractivity contribution in [3.63, 3.8) is 0 Å². The summed E-state index contributed by atoms with van der Waals surface area (Å²) in [5.74, 6) is 1.42. The maximum Gasteiger partial charge on any atom is 0.187 e. The highest BCUT2D eigenvalue weighted by molar-refractivity contribution is 5.19. The first-order valence-electron chi connectivity index (χ1n) is 23.8. The molecule has 5 heterocycles. The van der Waals surface area contributed by atoms with Gasteiger partial charge in [-0.25, -0.2) is 0 Å². The molecule has 0 bridgehead atoms. The standard InChI is InChI=1S/C45H74O19/c1-18-6-11-45(57-17-18)19(2)29-25(64-45)12-23-21-7-10-44(56)14-26(24(48)13-43(44,5)22(21)8-9-42(23,29)4)59-41-38(63-39-35(54)33(52)30(49)20(3)58-39)37(32(51)28(16-47)61-41)62-40-36(55)34(53)31(50)27(15-46)60-40/h18-41,46-56H,6-17H2,1-5H3/t18-,19+,20+,21?,22+,23?,24-,25?,26-,27-,28-,29?,30+,31+,32-,33-,34+,35-,36-,37+,38-,39+,40+,41-,42+,43-,44-,45-/m1/s1. The van der Waals surface area contributed by atoms with Crippen molar-refractivity contribution in [2.45, 2.75) is 214 Å². The smallest absolute Gasteiger partial charge is 0.187 e. The summed E-state index contributed by atoms with van der Waals surface area (Å²) >= 11 is 0. The number of ether oxygens (including phenoxy) is 8. The van der Waals surface area contributed by atoms with Gasteiger partial charge in [-0.1, -0.05) is 27.7 Å². The van der Waals surface area contributed by atoms with Crippen molar-refractivity contribution in [2.24, 2.45) is 46.3 Å². The van der Waals surface area contributed by atoms with Gasteiger partial charge in [0.15, 0.2) is 24.7 Å². The van der Waals surface area contributed by atoms with Crippen molar-refractivity contribution in [1.82, 2.24) is 0 Å². The van der Waals surface area contributed by atoms with Gasteiger partial charge in [0, 0.05) is 24.2 Å². The molecule has 9 rings (SSSR count). The van der Waals surface area contributed by atoms with Crippen LogP contribution in [0.15, 0.2) is 0 Å². The lowest BCUT2D eigenvalue weighted by Gasteiger charge is -2.65. The van der Waals surface area contributed by atoms with Crippen molar-refractivity contribution in [3.05, 3.63) is 0 Å². The summed E-state index contributed by atoms with van der Waals surface area (Å²) in [5.41, 5.74) is -1.94. The average Bonchev–Trinajstić information content (AvgIpc) is 3.71. The fourth-order valence-electron chi connectivity index (χ4n) is 14.6. The van der Waals surface area contributed by atoms with Gasteiger partial charge in [0.2, 0.25) is 0 Å². The predicted molar refractivity (Wildman–Crippen MR) is 217 cm³/mol. The second kappa shape index (κ2) is 17.6. The number of rotatable bonds is 8. The van der Waals surface area contributed by atoms with Crippen LogP contribution in [0.4, 0.5) is 0 Å². The zero-order valence-electron chi connectivity index (χ0n) is 37.5. The van der Waals surface area contributed by atoms with Gasteiger partial charge in [-0.05, 0) is 86.9 Å². The third-order valence-electron chi connectivity index (χ3n) is 18.4. The van der Waals surface area contributed by atoms with Gasteiger partial charge in [0.1, 0.15) is 67.1 Å². The Morgan fingerprint density at radius 3 is 1.94 bits per heavy atom. The molecule has 1 spiro atoms. The van der Waals surface area contributed by atoms with Crippen LogP contribution in [0, 0.1) is 46.3 Å². The summed E-state index contributed by atoms with van der Waals surface area (Å²) in [6.45, 7) is 9.65. The van der Waals surface area contributed by atoms with Gasteiger partial charge < -0.3 is 94.1 Å². The lowest BCUT2D eigenvalue weighted by atomic mass is 9.42. The molecule has 64 heavy (non-hydrogen) atoms. The maximum atomic E-state index is 12.9. The number of aliphatic hydroxyl groups excluding tert-OH is 10. The molecule has 5 saturated heterocycles. The lowest BCUT2D eigenvalue weighted by Crippen LogP contribution is -2.68. The van der Waals surface area contributed by atoms with Crippen LogP contribution in [-0.2, 0) is 37.9 Å². The molecule has 9 fully saturated rings. The first kappa shape index (κ1) is 48.3. The molecule has 9 aliphatic rings. The topological polar surface area (TPSA) is 296 Å². The Morgan fingerprint density at radius 2 is 1.27 bits per heavy atom. The van der Waals surface area contributed by atoms with E-state index in [2.05, 4.69) is 27.7 Å². The largest absolute Gasteiger partial charge is 0.394 e. The number of fused-ring (bicyclic) bond motifs is 7. The van der Waals surface area contributed by atoms with E-state index in [1.54, 1.807) is 0 Å². The molecular formula is C45H74O19. The summed E-state index contributed by atoms with van der Waals surface area (Å²) in [6.07, 6.45) is -20.7. The molecule has 0 aromatic heterocycles. The highest BCUT2D eigenvalue weighted by Gasteiger charge is 2.71. The normalized spacial score (nSPS) is 59.8. The van der Waals surface area contributed by atoms with Gasteiger partial charge in [-0.3, -0.25) is 0 Å². The Morgan fingerprint density at radius 1 is 0.625 bits per heavy atom. The van der Waals surface area contributed by atoms with Gasteiger partial charge in [-0.15, -0.1) is 0 Å². The van der Waals surface area contributed by atoms with Crippen LogP contribution in [0.1, 0.15) is 92.4 Å². The van der Waals surface area contributed by atoms with E-state index < -0.39 is 134 Å². The van der Waals surface area contributed by atoms with E-state index in [0.29, 0.717) is 36.7 Å². The predicted octanol–water partition coefficient (Wildman–Crippen LogP) is -1.62. The Balaban J connectivity index is 0.955. The molecule has 0 aromatic carbocycles. The monoisotopic (exact) mass is 918 g/mol. The van der Waals surface area contributed by atoms with Crippen LogP contribution < -0.4 is 0 Å². The summed E-state index contributed by atoms with van der Waals surface area (Å²) in [7, 11) is 0. The molecule has 5 aliphatic heterocycles. The van der Waals surface area contributed by atoms with Gasteiger partial charge >= 0.3 is 0 Å². The minimum Gasteiger partial charge on any atom is -0.394 e. The fourth-order valence-corrected chi connectivity index (χ4v) is 14.6. The molecule has 4 aliphatic carbocycles. The second-order valence-electron chi connectivity index (χ2n) is 21.8. The van der Waals surface area contributed by atoms with Crippen LogP contribution in [0.5, 0.6) is 0 Å². The highest BCUT2D eigenvalue weighted by Crippen LogP contribution is 2.72. The van der Waals surface area contributed by atoms with E-state index in [1.165, 1.54) is 6.92 Å².